The Hall–Kier alpha value is -1.29. The standard InChI is InChI=1S/C14H12BrFN2/c1-8-6-10(4-5-11(8)16)12-7-13(15)18-14(17-12)9-2-3-9/h4-7,9H,2-3H2,1H3. The first-order valence-corrected chi connectivity index (χ1v) is 6.74. The lowest BCUT2D eigenvalue weighted by molar-refractivity contribution is 0.618. The van der Waals surface area contributed by atoms with Gasteiger partial charge in [0.1, 0.15) is 16.2 Å². The van der Waals surface area contributed by atoms with E-state index in [1.807, 2.05) is 12.1 Å². The summed E-state index contributed by atoms with van der Waals surface area (Å²) >= 11 is 3.41. The van der Waals surface area contributed by atoms with Crippen molar-refractivity contribution in [1.29, 1.82) is 0 Å². The summed E-state index contributed by atoms with van der Waals surface area (Å²) in [5.74, 6) is 1.21. The van der Waals surface area contributed by atoms with Gasteiger partial charge in [-0.25, -0.2) is 14.4 Å². The van der Waals surface area contributed by atoms with Crippen LogP contribution in [0.15, 0.2) is 28.9 Å². The molecule has 0 unspecified atom stereocenters. The molecule has 0 radical (unpaired) electrons. The van der Waals surface area contributed by atoms with E-state index < -0.39 is 0 Å². The summed E-state index contributed by atoms with van der Waals surface area (Å²) in [5.41, 5.74) is 2.41. The monoisotopic (exact) mass is 306 g/mol. The predicted molar refractivity (Wildman–Crippen MR) is 71.8 cm³/mol. The summed E-state index contributed by atoms with van der Waals surface area (Å²) < 4.78 is 14.1. The molecule has 2 nitrogen and oxygen atoms in total. The number of hydrogen-bond donors (Lipinski definition) is 0. The van der Waals surface area contributed by atoms with Gasteiger partial charge in [-0.1, -0.05) is 0 Å². The number of hydrogen-bond acceptors (Lipinski definition) is 2. The van der Waals surface area contributed by atoms with Crippen molar-refractivity contribution >= 4 is 15.9 Å². The molecule has 3 rings (SSSR count). The van der Waals surface area contributed by atoms with Gasteiger partial charge in [0.15, 0.2) is 0 Å². The molecule has 1 saturated carbocycles. The Bertz CT molecular complexity index is 609. The molecular formula is C14H12BrFN2. The molecular weight excluding hydrogens is 295 g/mol. The molecule has 1 aromatic carbocycles. The second-order valence-corrected chi connectivity index (χ2v) is 5.48. The van der Waals surface area contributed by atoms with Crippen molar-refractivity contribution in [3.63, 3.8) is 0 Å². The zero-order valence-corrected chi connectivity index (χ0v) is 11.5. The van der Waals surface area contributed by atoms with Crippen molar-refractivity contribution in [2.24, 2.45) is 0 Å². The van der Waals surface area contributed by atoms with Crippen LogP contribution in [0.3, 0.4) is 0 Å². The second-order valence-electron chi connectivity index (χ2n) is 4.67. The highest BCUT2D eigenvalue weighted by Gasteiger charge is 2.27. The summed E-state index contributed by atoms with van der Waals surface area (Å²) in [7, 11) is 0. The Kier molecular flexibility index (Phi) is 2.90. The van der Waals surface area contributed by atoms with E-state index in [-0.39, 0.29) is 5.82 Å². The van der Waals surface area contributed by atoms with Gasteiger partial charge < -0.3 is 0 Å². The van der Waals surface area contributed by atoms with Gasteiger partial charge in [-0.05, 0) is 65.5 Å². The summed E-state index contributed by atoms with van der Waals surface area (Å²) in [6, 6.07) is 6.94. The molecule has 2 aromatic rings. The molecule has 18 heavy (non-hydrogen) atoms. The first-order valence-electron chi connectivity index (χ1n) is 5.94. The molecule has 0 N–H and O–H groups in total. The smallest absolute Gasteiger partial charge is 0.133 e. The minimum atomic E-state index is -0.186. The van der Waals surface area contributed by atoms with E-state index in [0.29, 0.717) is 11.5 Å². The van der Waals surface area contributed by atoms with Crippen molar-refractivity contribution < 1.29 is 4.39 Å². The molecule has 0 bridgehead atoms. The average Bonchev–Trinajstić information content (AvgIpc) is 3.16. The highest BCUT2D eigenvalue weighted by Crippen LogP contribution is 2.39. The fourth-order valence-electron chi connectivity index (χ4n) is 1.91. The van der Waals surface area contributed by atoms with Crippen molar-refractivity contribution in [3.05, 3.63) is 46.1 Å². The SMILES string of the molecule is Cc1cc(-c2cc(Br)nc(C3CC3)n2)ccc1F. The third-order valence-electron chi connectivity index (χ3n) is 3.11. The van der Waals surface area contributed by atoms with Gasteiger partial charge in [-0.15, -0.1) is 0 Å². The number of aromatic nitrogens is 2. The van der Waals surface area contributed by atoms with E-state index in [4.69, 9.17) is 0 Å². The Morgan fingerprint density at radius 2 is 2.00 bits per heavy atom. The van der Waals surface area contributed by atoms with Crippen molar-refractivity contribution in [1.82, 2.24) is 9.97 Å². The summed E-state index contributed by atoms with van der Waals surface area (Å²) in [6.45, 7) is 1.76. The lowest BCUT2D eigenvalue weighted by Gasteiger charge is -2.06. The van der Waals surface area contributed by atoms with Crippen LogP contribution in [0.2, 0.25) is 0 Å². The zero-order valence-electron chi connectivity index (χ0n) is 9.95. The van der Waals surface area contributed by atoms with Crippen molar-refractivity contribution in [3.8, 4) is 11.3 Å². The molecule has 4 heteroatoms. The molecule has 1 aliphatic rings. The maximum atomic E-state index is 13.3. The van der Waals surface area contributed by atoms with Crippen LogP contribution in [0.4, 0.5) is 4.39 Å². The Labute approximate surface area is 113 Å². The minimum absolute atomic E-state index is 0.186. The summed E-state index contributed by atoms with van der Waals surface area (Å²) in [4.78, 5) is 8.97. The van der Waals surface area contributed by atoms with Crippen molar-refractivity contribution in [2.75, 3.05) is 0 Å². The van der Waals surface area contributed by atoms with E-state index in [1.54, 1.807) is 13.0 Å². The van der Waals surface area contributed by atoms with E-state index in [0.717, 1.165) is 21.7 Å². The van der Waals surface area contributed by atoms with Gasteiger partial charge in [-0.3, -0.25) is 0 Å². The van der Waals surface area contributed by atoms with Gasteiger partial charge in [0.25, 0.3) is 0 Å². The minimum Gasteiger partial charge on any atom is -0.233 e. The average molecular weight is 307 g/mol. The molecule has 1 heterocycles. The van der Waals surface area contributed by atoms with Crippen LogP contribution >= 0.6 is 15.9 Å². The van der Waals surface area contributed by atoms with E-state index in [9.17, 15) is 4.39 Å². The Morgan fingerprint density at radius 3 is 2.67 bits per heavy atom. The molecule has 1 aliphatic carbocycles. The Morgan fingerprint density at radius 1 is 1.22 bits per heavy atom. The molecule has 0 aliphatic heterocycles. The van der Waals surface area contributed by atoms with Crippen LogP contribution in [-0.4, -0.2) is 9.97 Å². The first kappa shape index (κ1) is 11.8. The number of aryl methyl sites for hydroxylation is 1. The molecule has 1 aromatic heterocycles. The highest BCUT2D eigenvalue weighted by molar-refractivity contribution is 9.10. The third-order valence-corrected chi connectivity index (χ3v) is 3.51. The Balaban J connectivity index is 2.07. The van der Waals surface area contributed by atoms with Gasteiger partial charge in [-0.2, -0.15) is 0 Å². The zero-order chi connectivity index (χ0) is 12.7. The highest BCUT2D eigenvalue weighted by atomic mass is 79.9. The fourth-order valence-corrected chi connectivity index (χ4v) is 2.31. The number of nitrogens with zero attached hydrogens (tertiary/aromatic N) is 2. The van der Waals surface area contributed by atoms with Crippen molar-refractivity contribution in [2.45, 2.75) is 25.7 Å². The molecule has 0 saturated heterocycles. The fraction of sp³-hybridized carbons (Fsp3) is 0.286. The van der Waals surface area contributed by atoms with Gasteiger partial charge in [0.05, 0.1) is 5.69 Å². The third kappa shape index (κ3) is 2.29. The number of halogens is 2. The molecule has 0 spiro atoms. The van der Waals surface area contributed by atoms with Crippen LogP contribution in [-0.2, 0) is 0 Å². The van der Waals surface area contributed by atoms with Crippen LogP contribution in [0.5, 0.6) is 0 Å². The van der Waals surface area contributed by atoms with Crippen LogP contribution in [0.25, 0.3) is 11.3 Å². The lowest BCUT2D eigenvalue weighted by Crippen LogP contribution is -1.96. The van der Waals surface area contributed by atoms with Crippen LogP contribution in [0, 0.1) is 12.7 Å². The first-order chi connectivity index (χ1) is 8.63. The maximum absolute atomic E-state index is 13.3. The van der Waals surface area contributed by atoms with Gasteiger partial charge in [0.2, 0.25) is 0 Å². The lowest BCUT2D eigenvalue weighted by atomic mass is 10.1. The normalized spacial score (nSPS) is 14.8. The molecule has 0 atom stereocenters. The predicted octanol–water partition coefficient (Wildman–Crippen LogP) is 4.23. The molecule has 1 fully saturated rings. The summed E-state index contributed by atoms with van der Waals surface area (Å²) in [5, 5.41) is 0. The summed E-state index contributed by atoms with van der Waals surface area (Å²) in [6.07, 6.45) is 2.33. The number of benzene rings is 1. The van der Waals surface area contributed by atoms with Crippen LogP contribution < -0.4 is 0 Å². The molecule has 92 valence electrons. The maximum Gasteiger partial charge on any atom is 0.133 e. The quantitative estimate of drug-likeness (QED) is 0.776. The van der Waals surface area contributed by atoms with E-state index in [2.05, 4.69) is 25.9 Å². The topological polar surface area (TPSA) is 25.8 Å². The number of rotatable bonds is 2. The van der Waals surface area contributed by atoms with E-state index >= 15 is 0 Å². The largest absolute Gasteiger partial charge is 0.233 e. The van der Waals surface area contributed by atoms with E-state index in [1.165, 1.54) is 18.9 Å². The van der Waals surface area contributed by atoms with Gasteiger partial charge in [0, 0.05) is 11.5 Å². The molecule has 0 amide bonds. The van der Waals surface area contributed by atoms with Crippen LogP contribution in [0.1, 0.15) is 30.1 Å². The van der Waals surface area contributed by atoms with Gasteiger partial charge >= 0.3 is 0 Å². The second kappa shape index (κ2) is 4.43.